The average molecular weight is 476 g/mol. The maximum absolute atomic E-state index is 13.0. The third-order valence-electron chi connectivity index (χ3n) is 5.24. The monoisotopic (exact) mass is 475 g/mol. The second kappa shape index (κ2) is 8.67. The molecule has 1 N–H and O–H groups in total. The first kappa shape index (κ1) is 20.1. The Morgan fingerprint density at radius 3 is 3.00 bits per heavy atom. The fourth-order valence-corrected chi connectivity index (χ4v) is 5.36. The van der Waals surface area contributed by atoms with Crippen LogP contribution in [0.15, 0.2) is 33.8 Å². The van der Waals surface area contributed by atoms with Crippen LogP contribution in [0.4, 0.5) is 0 Å². The lowest BCUT2D eigenvalue weighted by atomic mass is 9.97. The summed E-state index contributed by atoms with van der Waals surface area (Å²) in [5, 5.41) is 3.66. The van der Waals surface area contributed by atoms with Crippen molar-refractivity contribution in [2.45, 2.75) is 45.2 Å². The molecular weight excluding hydrogens is 454 g/mol. The van der Waals surface area contributed by atoms with Crippen LogP contribution in [0, 0.1) is 0 Å². The molecule has 8 heteroatoms. The molecule has 3 aromatic rings. The Bertz CT molecular complexity index is 1120. The van der Waals surface area contributed by atoms with Crippen molar-refractivity contribution in [3.63, 3.8) is 0 Å². The van der Waals surface area contributed by atoms with Crippen LogP contribution in [0.5, 0.6) is 5.75 Å². The molecule has 0 radical (unpaired) electrons. The zero-order chi connectivity index (χ0) is 20.4. The minimum Gasteiger partial charge on any atom is -0.496 e. The minimum atomic E-state index is -0.119. The number of aryl methyl sites for hydroxylation is 3. The number of hydrogen-bond acceptors (Lipinski definition) is 5. The molecule has 0 fully saturated rings. The van der Waals surface area contributed by atoms with Gasteiger partial charge in [-0.1, -0.05) is 15.9 Å². The van der Waals surface area contributed by atoms with Crippen LogP contribution in [0.3, 0.4) is 0 Å². The Kier molecular flexibility index (Phi) is 6.01. The van der Waals surface area contributed by atoms with E-state index in [0.717, 1.165) is 45.3 Å². The van der Waals surface area contributed by atoms with E-state index in [9.17, 15) is 9.59 Å². The molecule has 152 valence electrons. The van der Waals surface area contributed by atoms with E-state index in [4.69, 9.17) is 4.74 Å². The first-order valence-corrected chi connectivity index (χ1v) is 11.3. The number of hydrogen-bond donors (Lipinski definition) is 1. The summed E-state index contributed by atoms with van der Waals surface area (Å²) >= 11 is 5.07. The highest BCUT2D eigenvalue weighted by Gasteiger charge is 2.20. The summed E-state index contributed by atoms with van der Waals surface area (Å²) in [6.07, 6.45) is 6.07. The van der Waals surface area contributed by atoms with Crippen molar-refractivity contribution >= 4 is 43.4 Å². The number of rotatable bonds is 6. The topological polar surface area (TPSA) is 73.2 Å². The van der Waals surface area contributed by atoms with Gasteiger partial charge in [-0.15, -0.1) is 11.3 Å². The smallest absolute Gasteiger partial charge is 0.262 e. The third-order valence-corrected chi connectivity index (χ3v) is 6.93. The van der Waals surface area contributed by atoms with E-state index < -0.39 is 0 Å². The number of thiophene rings is 1. The summed E-state index contributed by atoms with van der Waals surface area (Å²) in [6, 6.07) is 5.66. The molecule has 0 saturated carbocycles. The van der Waals surface area contributed by atoms with E-state index in [-0.39, 0.29) is 17.9 Å². The molecule has 0 atom stereocenters. The molecule has 0 saturated heterocycles. The molecule has 0 bridgehead atoms. The van der Waals surface area contributed by atoms with Gasteiger partial charge in [-0.25, -0.2) is 4.98 Å². The molecule has 4 rings (SSSR count). The van der Waals surface area contributed by atoms with Crippen LogP contribution in [-0.4, -0.2) is 22.6 Å². The van der Waals surface area contributed by atoms with E-state index in [1.165, 1.54) is 16.9 Å². The van der Waals surface area contributed by atoms with E-state index in [1.807, 2.05) is 18.2 Å². The van der Waals surface area contributed by atoms with Gasteiger partial charge in [0.15, 0.2) is 0 Å². The third kappa shape index (κ3) is 4.23. The van der Waals surface area contributed by atoms with E-state index >= 15 is 0 Å². The van der Waals surface area contributed by atoms with Gasteiger partial charge in [0.05, 0.1) is 18.8 Å². The van der Waals surface area contributed by atoms with Gasteiger partial charge < -0.3 is 10.1 Å². The lowest BCUT2D eigenvalue weighted by Gasteiger charge is -2.11. The maximum atomic E-state index is 13.0. The van der Waals surface area contributed by atoms with Gasteiger partial charge in [0.2, 0.25) is 5.91 Å². The molecular formula is C21H22BrN3O3S. The summed E-state index contributed by atoms with van der Waals surface area (Å²) in [5.41, 5.74) is 2.03. The summed E-state index contributed by atoms with van der Waals surface area (Å²) < 4.78 is 7.81. The largest absolute Gasteiger partial charge is 0.496 e. The van der Waals surface area contributed by atoms with E-state index in [1.54, 1.807) is 29.3 Å². The first-order valence-electron chi connectivity index (χ1n) is 9.65. The number of amides is 1. The quantitative estimate of drug-likeness (QED) is 0.587. The van der Waals surface area contributed by atoms with Crippen molar-refractivity contribution in [3.05, 3.63) is 55.4 Å². The van der Waals surface area contributed by atoms with Crippen LogP contribution < -0.4 is 15.6 Å². The standard InChI is InChI=1S/C21H22BrN3O3S/c1-28-16-7-6-14(22)10-13(16)11-23-18(26)8-9-25-12-24-20-19(21(25)27)15-4-2-3-5-17(15)29-20/h6-7,10,12H,2-5,8-9,11H2,1H3,(H,23,26). The molecule has 0 unspecified atom stereocenters. The number of ether oxygens (including phenoxy) is 1. The molecule has 1 aliphatic carbocycles. The van der Waals surface area contributed by atoms with Gasteiger partial charge in [0.1, 0.15) is 10.6 Å². The highest BCUT2D eigenvalue weighted by Crippen LogP contribution is 2.33. The Morgan fingerprint density at radius 2 is 2.17 bits per heavy atom. The van der Waals surface area contributed by atoms with Crippen molar-refractivity contribution < 1.29 is 9.53 Å². The molecule has 2 heterocycles. The van der Waals surface area contributed by atoms with Gasteiger partial charge in [-0.3, -0.25) is 14.2 Å². The fourth-order valence-electron chi connectivity index (χ4n) is 3.73. The van der Waals surface area contributed by atoms with Crippen molar-refractivity contribution in [2.24, 2.45) is 0 Å². The molecule has 1 aliphatic rings. The number of halogens is 1. The van der Waals surface area contributed by atoms with Gasteiger partial charge >= 0.3 is 0 Å². The molecule has 0 spiro atoms. The molecule has 0 aliphatic heterocycles. The zero-order valence-electron chi connectivity index (χ0n) is 16.2. The number of nitrogens with zero attached hydrogens (tertiary/aromatic N) is 2. The summed E-state index contributed by atoms with van der Waals surface area (Å²) in [6.45, 7) is 0.680. The van der Waals surface area contributed by atoms with Gasteiger partial charge in [-0.2, -0.15) is 0 Å². The summed E-state index contributed by atoms with van der Waals surface area (Å²) in [4.78, 5) is 31.9. The maximum Gasteiger partial charge on any atom is 0.262 e. The SMILES string of the molecule is COc1ccc(Br)cc1CNC(=O)CCn1cnc2sc3c(c2c1=O)CCCC3. The second-order valence-electron chi connectivity index (χ2n) is 7.12. The summed E-state index contributed by atoms with van der Waals surface area (Å²) in [5.74, 6) is 0.605. The van der Waals surface area contributed by atoms with Crippen molar-refractivity contribution in [2.75, 3.05) is 7.11 Å². The Labute approximate surface area is 181 Å². The predicted molar refractivity (Wildman–Crippen MR) is 118 cm³/mol. The van der Waals surface area contributed by atoms with Gasteiger partial charge in [-0.05, 0) is 49.4 Å². The number of fused-ring (bicyclic) bond motifs is 3. The van der Waals surface area contributed by atoms with Crippen molar-refractivity contribution in [1.82, 2.24) is 14.9 Å². The lowest BCUT2D eigenvalue weighted by molar-refractivity contribution is -0.121. The zero-order valence-corrected chi connectivity index (χ0v) is 18.6. The van der Waals surface area contributed by atoms with Crippen molar-refractivity contribution in [1.29, 1.82) is 0 Å². The normalized spacial score (nSPS) is 13.3. The highest BCUT2D eigenvalue weighted by atomic mass is 79.9. The molecule has 6 nitrogen and oxygen atoms in total. The lowest BCUT2D eigenvalue weighted by Crippen LogP contribution is -2.27. The van der Waals surface area contributed by atoms with E-state index in [0.29, 0.717) is 13.1 Å². The highest BCUT2D eigenvalue weighted by molar-refractivity contribution is 9.10. The van der Waals surface area contributed by atoms with Crippen LogP contribution in [0.1, 0.15) is 35.3 Å². The van der Waals surface area contributed by atoms with Gasteiger partial charge in [0.25, 0.3) is 5.56 Å². The van der Waals surface area contributed by atoms with Crippen LogP contribution in [0.2, 0.25) is 0 Å². The number of methoxy groups -OCH3 is 1. The van der Waals surface area contributed by atoms with Crippen LogP contribution >= 0.6 is 27.3 Å². The first-order chi connectivity index (χ1) is 14.1. The Morgan fingerprint density at radius 1 is 1.34 bits per heavy atom. The van der Waals surface area contributed by atoms with Gasteiger partial charge in [0, 0.05) is 34.4 Å². The number of carbonyl (C=O) groups is 1. The van der Waals surface area contributed by atoms with Crippen molar-refractivity contribution in [3.8, 4) is 5.75 Å². The molecule has 1 aromatic carbocycles. The average Bonchev–Trinajstić information content (AvgIpc) is 3.11. The van der Waals surface area contributed by atoms with E-state index in [2.05, 4.69) is 26.2 Å². The summed E-state index contributed by atoms with van der Waals surface area (Å²) in [7, 11) is 1.60. The number of carbonyl (C=O) groups excluding carboxylic acids is 1. The molecule has 1 amide bonds. The number of nitrogens with one attached hydrogen (secondary N) is 1. The predicted octanol–water partition coefficient (Wildman–Crippen LogP) is 3.81. The number of benzene rings is 1. The molecule has 29 heavy (non-hydrogen) atoms. The van der Waals surface area contributed by atoms with Crippen LogP contribution in [-0.2, 0) is 30.7 Å². The Balaban J connectivity index is 1.43. The fraction of sp³-hybridized carbons (Fsp3) is 0.381. The number of aromatic nitrogens is 2. The minimum absolute atomic E-state index is 0.0316. The van der Waals surface area contributed by atoms with Crippen LogP contribution in [0.25, 0.3) is 10.2 Å². The molecule has 2 aromatic heterocycles. The second-order valence-corrected chi connectivity index (χ2v) is 9.12. The Hall–Kier alpha value is -2.19.